The molecule has 0 saturated carbocycles. The molecular formula is C13H19ClOS. The van der Waals surface area contributed by atoms with E-state index in [0.717, 1.165) is 12.2 Å². The van der Waals surface area contributed by atoms with Gasteiger partial charge >= 0.3 is 0 Å². The van der Waals surface area contributed by atoms with Crippen LogP contribution in [0.1, 0.15) is 26.7 Å². The average Bonchev–Trinajstić information content (AvgIpc) is 2.31. The third-order valence-electron chi connectivity index (χ3n) is 2.28. The minimum absolute atomic E-state index is 0.655. The lowest BCUT2D eigenvalue weighted by Crippen LogP contribution is -1.97. The van der Waals surface area contributed by atoms with Crippen molar-refractivity contribution in [1.82, 2.24) is 0 Å². The Kier molecular flexibility index (Phi) is 6.74. The fraction of sp³-hybridized carbons (Fsp3) is 0.538. The molecule has 0 heterocycles. The first kappa shape index (κ1) is 13.7. The van der Waals surface area contributed by atoms with Gasteiger partial charge in [-0.3, -0.25) is 0 Å². The molecule has 0 radical (unpaired) electrons. The Labute approximate surface area is 108 Å². The summed E-state index contributed by atoms with van der Waals surface area (Å²) in [6, 6.07) is 8.29. The predicted octanol–water partition coefficient (Wildman–Crippen LogP) is 4.58. The van der Waals surface area contributed by atoms with E-state index in [2.05, 4.69) is 26.0 Å². The molecule has 1 nitrogen and oxygen atoms in total. The third-order valence-corrected chi connectivity index (χ3v) is 3.83. The van der Waals surface area contributed by atoms with Crippen LogP contribution < -0.4 is 4.74 Å². The second-order valence-electron chi connectivity index (χ2n) is 3.70. The van der Waals surface area contributed by atoms with Gasteiger partial charge in [-0.1, -0.05) is 13.8 Å². The molecule has 0 spiro atoms. The summed E-state index contributed by atoms with van der Waals surface area (Å²) in [7, 11) is 0. The molecule has 0 amide bonds. The lowest BCUT2D eigenvalue weighted by atomic mass is 10.3. The summed E-state index contributed by atoms with van der Waals surface area (Å²) < 4.78 is 5.54. The van der Waals surface area contributed by atoms with Crippen molar-refractivity contribution >= 4 is 23.4 Å². The van der Waals surface area contributed by atoms with E-state index in [4.69, 9.17) is 16.3 Å². The lowest BCUT2D eigenvalue weighted by molar-refractivity contribution is 0.318. The second kappa shape index (κ2) is 7.86. The Bertz CT molecular complexity index is 286. The summed E-state index contributed by atoms with van der Waals surface area (Å²) in [5, 5.41) is 0.669. The van der Waals surface area contributed by atoms with Crippen molar-refractivity contribution in [3.05, 3.63) is 24.3 Å². The monoisotopic (exact) mass is 258 g/mol. The zero-order chi connectivity index (χ0) is 11.8. The highest BCUT2D eigenvalue weighted by atomic mass is 35.5. The van der Waals surface area contributed by atoms with Crippen molar-refractivity contribution < 1.29 is 4.74 Å². The van der Waals surface area contributed by atoms with Gasteiger partial charge < -0.3 is 4.74 Å². The van der Waals surface area contributed by atoms with Crippen molar-refractivity contribution in [3.63, 3.8) is 0 Å². The fourth-order valence-corrected chi connectivity index (χ4v) is 2.21. The number of ether oxygens (including phenoxy) is 1. The summed E-state index contributed by atoms with van der Waals surface area (Å²) in [5.41, 5.74) is 0. The van der Waals surface area contributed by atoms with Crippen LogP contribution in [-0.2, 0) is 0 Å². The van der Waals surface area contributed by atoms with E-state index in [-0.39, 0.29) is 0 Å². The highest BCUT2D eigenvalue weighted by molar-refractivity contribution is 7.99. The zero-order valence-electron chi connectivity index (χ0n) is 9.91. The maximum absolute atomic E-state index is 5.58. The van der Waals surface area contributed by atoms with Gasteiger partial charge in [-0.2, -0.15) is 0 Å². The normalized spacial score (nSPS) is 12.4. The quantitative estimate of drug-likeness (QED) is 0.402. The van der Waals surface area contributed by atoms with Gasteiger partial charge in [0.2, 0.25) is 0 Å². The molecule has 0 aliphatic carbocycles. The first-order valence-corrected chi connectivity index (χ1v) is 7.13. The Morgan fingerprint density at radius 2 is 2.00 bits per heavy atom. The molecule has 16 heavy (non-hydrogen) atoms. The van der Waals surface area contributed by atoms with Crippen LogP contribution in [0.2, 0.25) is 0 Å². The van der Waals surface area contributed by atoms with Crippen molar-refractivity contribution in [2.45, 2.75) is 36.8 Å². The van der Waals surface area contributed by atoms with Crippen LogP contribution >= 0.6 is 23.4 Å². The van der Waals surface area contributed by atoms with E-state index in [1.54, 1.807) is 0 Å². The Hall–Kier alpha value is -0.340. The molecule has 1 atom stereocenters. The molecule has 1 aromatic carbocycles. The maximum Gasteiger partial charge on any atom is 0.119 e. The van der Waals surface area contributed by atoms with Gasteiger partial charge in [-0.15, -0.1) is 23.4 Å². The topological polar surface area (TPSA) is 9.23 Å². The summed E-state index contributed by atoms with van der Waals surface area (Å²) >= 11 is 7.49. The van der Waals surface area contributed by atoms with E-state index in [1.165, 1.54) is 11.3 Å². The first-order chi connectivity index (χ1) is 7.76. The second-order valence-corrected chi connectivity index (χ2v) is 5.59. The van der Waals surface area contributed by atoms with Crippen molar-refractivity contribution in [3.8, 4) is 5.75 Å². The summed E-state index contributed by atoms with van der Waals surface area (Å²) in [6.07, 6.45) is 2.09. The van der Waals surface area contributed by atoms with Crippen molar-refractivity contribution in [2.24, 2.45) is 0 Å². The standard InChI is InChI=1S/C13H19ClOS/c1-3-11(2)16-13-7-5-12(6-8-13)15-10-4-9-14/h5-8,11H,3-4,9-10H2,1-2H3. The highest BCUT2D eigenvalue weighted by Crippen LogP contribution is 2.26. The van der Waals surface area contributed by atoms with Crippen LogP contribution in [0.5, 0.6) is 5.75 Å². The summed E-state index contributed by atoms with van der Waals surface area (Å²) in [5.74, 6) is 1.58. The minimum Gasteiger partial charge on any atom is -0.494 e. The number of halogens is 1. The van der Waals surface area contributed by atoms with Crippen LogP contribution in [0.4, 0.5) is 0 Å². The number of hydrogen-bond acceptors (Lipinski definition) is 2. The minimum atomic E-state index is 0.655. The van der Waals surface area contributed by atoms with Crippen molar-refractivity contribution in [2.75, 3.05) is 12.5 Å². The SMILES string of the molecule is CCC(C)Sc1ccc(OCCCCl)cc1. The van der Waals surface area contributed by atoms with E-state index >= 15 is 0 Å². The van der Waals surface area contributed by atoms with E-state index in [0.29, 0.717) is 17.7 Å². The van der Waals surface area contributed by atoms with Gasteiger partial charge in [0, 0.05) is 16.0 Å². The van der Waals surface area contributed by atoms with Gasteiger partial charge in [0.15, 0.2) is 0 Å². The maximum atomic E-state index is 5.58. The molecule has 0 aliphatic rings. The molecular weight excluding hydrogens is 240 g/mol. The molecule has 0 aromatic heterocycles. The van der Waals surface area contributed by atoms with Gasteiger partial charge in [0.1, 0.15) is 5.75 Å². The van der Waals surface area contributed by atoms with Crippen LogP contribution in [-0.4, -0.2) is 17.7 Å². The Balaban J connectivity index is 2.41. The highest BCUT2D eigenvalue weighted by Gasteiger charge is 2.01. The molecule has 1 unspecified atom stereocenters. The summed E-state index contributed by atoms with van der Waals surface area (Å²) in [6.45, 7) is 5.15. The predicted molar refractivity (Wildman–Crippen MR) is 72.9 cm³/mol. The molecule has 0 aliphatic heterocycles. The van der Waals surface area contributed by atoms with Gasteiger partial charge in [-0.25, -0.2) is 0 Å². The van der Waals surface area contributed by atoms with Crippen LogP contribution in [0, 0.1) is 0 Å². The van der Waals surface area contributed by atoms with Crippen LogP contribution in [0.3, 0.4) is 0 Å². The Morgan fingerprint density at radius 1 is 1.31 bits per heavy atom. The number of hydrogen-bond donors (Lipinski definition) is 0. The molecule has 3 heteroatoms. The molecule has 0 fully saturated rings. The molecule has 0 bridgehead atoms. The molecule has 0 saturated heterocycles. The number of benzene rings is 1. The lowest BCUT2D eigenvalue weighted by Gasteiger charge is -2.09. The van der Waals surface area contributed by atoms with E-state index < -0.39 is 0 Å². The van der Waals surface area contributed by atoms with Gasteiger partial charge in [0.05, 0.1) is 6.61 Å². The van der Waals surface area contributed by atoms with Gasteiger partial charge in [-0.05, 0) is 37.1 Å². The third kappa shape index (κ3) is 5.13. The van der Waals surface area contributed by atoms with E-state index in [9.17, 15) is 0 Å². The average molecular weight is 259 g/mol. The Morgan fingerprint density at radius 3 is 2.56 bits per heavy atom. The molecule has 1 rings (SSSR count). The van der Waals surface area contributed by atoms with Crippen LogP contribution in [0.25, 0.3) is 0 Å². The number of alkyl halides is 1. The smallest absolute Gasteiger partial charge is 0.119 e. The van der Waals surface area contributed by atoms with Crippen molar-refractivity contribution in [1.29, 1.82) is 0 Å². The van der Waals surface area contributed by atoms with Gasteiger partial charge in [0.25, 0.3) is 0 Å². The van der Waals surface area contributed by atoms with Crippen LogP contribution in [0.15, 0.2) is 29.2 Å². The zero-order valence-corrected chi connectivity index (χ0v) is 11.5. The van der Waals surface area contributed by atoms with E-state index in [1.807, 2.05) is 23.9 Å². The fourth-order valence-electron chi connectivity index (χ4n) is 1.17. The summed E-state index contributed by atoms with van der Waals surface area (Å²) in [4.78, 5) is 1.30. The molecule has 90 valence electrons. The molecule has 1 aromatic rings. The number of thioether (sulfide) groups is 1. The first-order valence-electron chi connectivity index (χ1n) is 5.71. The largest absolute Gasteiger partial charge is 0.494 e. The number of rotatable bonds is 7. The molecule has 0 N–H and O–H groups in total.